The summed E-state index contributed by atoms with van der Waals surface area (Å²) in [7, 11) is 1.27. The molecule has 0 aliphatic heterocycles. The molecule has 0 radical (unpaired) electrons. The van der Waals surface area contributed by atoms with Crippen LogP contribution < -0.4 is 0 Å². The molecule has 1 aromatic carbocycles. The van der Waals surface area contributed by atoms with E-state index in [0.29, 0.717) is 23.1 Å². The van der Waals surface area contributed by atoms with Crippen molar-refractivity contribution in [3.63, 3.8) is 0 Å². The van der Waals surface area contributed by atoms with Gasteiger partial charge in [0.25, 0.3) is 0 Å². The van der Waals surface area contributed by atoms with Gasteiger partial charge in [0.2, 0.25) is 0 Å². The van der Waals surface area contributed by atoms with E-state index in [2.05, 4.69) is 9.84 Å². The molecule has 2 aromatic rings. The predicted octanol–water partition coefficient (Wildman–Crippen LogP) is 1.85. The van der Waals surface area contributed by atoms with Gasteiger partial charge in [-0.15, -0.1) is 0 Å². The summed E-state index contributed by atoms with van der Waals surface area (Å²) in [4.78, 5) is 22.2. The molecule has 20 heavy (non-hydrogen) atoms. The molecule has 0 amide bonds. The SMILES string of the molecule is COC(=O)Cc1cccc(F)c1-n1cc(C=O)c(C)n1. The molecular formula is C14H13FN2O3. The molecule has 0 aliphatic rings. The van der Waals surface area contributed by atoms with Crippen LogP contribution in [-0.2, 0) is 16.0 Å². The van der Waals surface area contributed by atoms with Crippen LogP contribution in [-0.4, -0.2) is 29.1 Å². The number of methoxy groups -OCH3 is 1. The number of carbonyl (C=O) groups is 2. The van der Waals surface area contributed by atoms with Gasteiger partial charge < -0.3 is 4.74 Å². The van der Waals surface area contributed by atoms with Gasteiger partial charge in [-0.1, -0.05) is 12.1 Å². The van der Waals surface area contributed by atoms with Crippen LogP contribution in [0.2, 0.25) is 0 Å². The molecule has 0 unspecified atom stereocenters. The highest BCUT2D eigenvalue weighted by molar-refractivity contribution is 5.76. The lowest BCUT2D eigenvalue weighted by Gasteiger charge is -2.09. The molecular weight excluding hydrogens is 263 g/mol. The maximum atomic E-state index is 14.0. The number of hydrogen-bond donors (Lipinski definition) is 0. The van der Waals surface area contributed by atoms with Gasteiger partial charge in [0.1, 0.15) is 11.5 Å². The van der Waals surface area contributed by atoms with Crippen LogP contribution >= 0.6 is 0 Å². The van der Waals surface area contributed by atoms with Gasteiger partial charge in [0.05, 0.1) is 24.8 Å². The number of halogens is 1. The summed E-state index contributed by atoms with van der Waals surface area (Å²) in [5, 5.41) is 4.10. The van der Waals surface area contributed by atoms with Crippen molar-refractivity contribution >= 4 is 12.3 Å². The highest BCUT2D eigenvalue weighted by Crippen LogP contribution is 2.20. The first-order valence-electron chi connectivity index (χ1n) is 5.93. The number of para-hydroxylation sites is 1. The van der Waals surface area contributed by atoms with Crippen molar-refractivity contribution in [2.45, 2.75) is 13.3 Å². The Bertz CT molecular complexity index is 664. The van der Waals surface area contributed by atoms with Crippen LogP contribution in [0.15, 0.2) is 24.4 Å². The minimum absolute atomic E-state index is 0.0705. The average molecular weight is 276 g/mol. The molecule has 6 heteroatoms. The highest BCUT2D eigenvalue weighted by Gasteiger charge is 2.16. The third-order valence-corrected chi connectivity index (χ3v) is 2.93. The van der Waals surface area contributed by atoms with E-state index in [4.69, 9.17) is 0 Å². The first-order chi connectivity index (χ1) is 9.56. The quantitative estimate of drug-likeness (QED) is 0.631. The van der Waals surface area contributed by atoms with Gasteiger partial charge >= 0.3 is 5.97 Å². The Morgan fingerprint density at radius 3 is 2.85 bits per heavy atom. The minimum Gasteiger partial charge on any atom is -0.469 e. The molecule has 0 spiro atoms. The van der Waals surface area contributed by atoms with E-state index in [0.717, 1.165) is 0 Å². The normalized spacial score (nSPS) is 10.3. The lowest BCUT2D eigenvalue weighted by molar-refractivity contribution is -0.139. The number of esters is 1. The third-order valence-electron chi connectivity index (χ3n) is 2.93. The van der Waals surface area contributed by atoms with E-state index in [1.54, 1.807) is 13.0 Å². The van der Waals surface area contributed by atoms with Gasteiger partial charge in [-0.3, -0.25) is 9.59 Å². The van der Waals surface area contributed by atoms with Crippen molar-refractivity contribution in [2.75, 3.05) is 7.11 Å². The summed E-state index contributed by atoms with van der Waals surface area (Å²) in [6.07, 6.45) is 2.01. The molecule has 5 nitrogen and oxygen atoms in total. The predicted molar refractivity (Wildman–Crippen MR) is 69.4 cm³/mol. The first kappa shape index (κ1) is 13.9. The Morgan fingerprint density at radius 1 is 1.50 bits per heavy atom. The monoisotopic (exact) mass is 276 g/mol. The lowest BCUT2D eigenvalue weighted by atomic mass is 10.1. The van der Waals surface area contributed by atoms with Crippen LogP contribution in [0, 0.1) is 12.7 Å². The van der Waals surface area contributed by atoms with E-state index in [-0.39, 0.29) is 12.1 Å². The summed E-state index contributed by atoms with van der Waals surface area (Å²) in [5.41, 5.74) is 1.45. The largest absolute Gasteiger partial charge is 0.469 e. The number of aryl methyl sites for hydroxylation is 1. The number of nitrogens with zero attached hydrogens (tertiary/aromatic N) is 2. The van der Waals surface area contributed by atoms with Crippen LogP contribution in [0.25, 0.3) is 5.69 Å². The second-order valence-electron chi connectivity index (χ2n) is 4.23. The zero-order chi connectivity index (χ0) is 14.7. The minimum atomic E-state index is -0.522. The van der Waals surface area contributed by atoms with Crippen molar-refractivity contribution in [3.8, 4) is 5.69 Å². The van der Waals surface area contributed by atoms with Gasteiger partial charge in [0, 0.05) is 6.20 Å². The molecule has 0 saturated heterocycles. The zero-order valence-corrected chi connectivity index (χ0v) is 11.1. The summed E-state index contributed by atoms with van der Waals surface area (Å²) in [5.74, 6) is -0.998. The van der Waals surface area contributed by atoms with Crippen molar-refractivity contribution in [2.24, 2.45) is 0 Å². The van der Waals surface area contributed by atoms with E-state index >= 15 is 0 Å². The number of ether oxygens (including phenoxy) is 1. The van der Waals surface area contributed by atoms with E-state index in [9.17, 15) is 14.0 Å². The van der Waals surface area contributed by atoms with E-state index in [1.165, 1.54) is 30.1 Å². The van der Waals surface area contributed by atoms with E-state index in [1.807, 2.05) is 0 Å². The second-order valence-corrected chi connectivity index (χ2v) is 4.23. The fraction of sp³-hybridized carbons (Fsp3) is 0.214. The molecule has 0 saturated carbocycles. The maximum absolute atomic E-state index is 14.0. The molecule has 104 valence electrons. The molecule has 1 aromatic heterocycles. The molecule has 0 bridgehead atoms. The fourth-order valence-corrected chi connectivity index (χ4v) is 1.89. The lowest BCUT2D eigenvalue weighted by Crippen LogP contribution is -2.10. The van der Waals surface area contributed by atoms with E-state index < -0.39 is 11.8 Å². The van der Waals surface area contributed by atoms with Gasteiger partial charge in [0.15, 0.2) is 6.29 Å². The van der Waals surface area contributed by atoms with Crippen molar-refractivity contribution in [1.29, 1.82) is 0 Å². The topological polar surface area (TPSA) is 61.2 Å². The Morgan fingerprint density at radius 2 is 2.25 bits per heavy atom. The zero-order valence-electron chi connectivity index (χ0n) is 11.1. The van der Waals surface area contributed by atoms with Crippen molar-refractivity contribution in [1.82, 2.24) is 9.78 Å². The number of hydrogen-bond acceptors (Lipinski definition) is 4. The number of aromatic nitrogens is 2. The molecule has 2 rings (SSSR count). The van der Waals surface area contributed by atoms with Crippen LogP contribution in [0.1, 0.15) is 21.6 Å². The van der Waals surface area contributed by atoms with Gasteiger partial charge in [-0.2, -0.15) is 5.10 Å². The average Bonchev–Trinajstić information content (AvgIpc) is 2.79. The summed E-state index contributed by atoms with van der Waals surface area (Å²) >= 11 is 0. The number of benzene rings is 1. The Kier molecular flexibility index (Phi) is 3.93. The smallest absolute Gasteiger partial charge is 0.310 e. The standard InChI is InChI=1S/C14H13FN2O3/c1-9-11(8-18)7-17(16-9)14-10(6-13(19)20-2)4-3-5-12(14)15/h3-5,7-8H,6H2,1-2H3. The highest BCUT2D eigenvalue weighted by atomic mass is 19.1. The summed E-state index contributed by atoms with van der Waals surface area (Å²) in [6, 6.07) is 4.40. The molecule has 0 atom stereocenters. The van der Waals surface area contributed by atoms with Crippen LogP contribution in [0.5, 0.6) is 0 Å². The van der Waals surface area contributed by atoms with Crippen LogP contribution in [0.3, 0.4) is 0 Å². The summed E-state index contributed by atoms with van der Waals surface area (Å²) < 4.78 is 19.9. The van der Waals surface area contributed by atoms with Gasteiger partial charge in [-0.05, 0) is 18.6 Å². The third kappa shape index (κ3) is 2.59. The van der Waals surface area contributed by atoms with Crippen molar-refractivity contribution < 1.29 is 18.7 Å². The van der Waals surface area contributed by atoms with Gasteiger partial charge in [-0.25, -0.2) is 9.07 Å². The number of rotatable bonds is 4. The molecule has 0 N–H and O–H groups in total. The molecule has 1 heterocycles. The first-order valence-corrected chi connectivity index (χ1v) is 5.93. The Labute approximate surface area is 115 Å². The Balaban J connectivity index is 2.53. The molecule has 0 fully saturated rings. The second kappa shape index (κ2) is 5.64. The van der Waals surface area contributed by atoms with Crippen molar-refractivity contribution in [3.05, 3.63) is 47.0 Å². The van der Waals surface area contributed by atoms with Crippen LogP contribution in [0.4, 0.5) is 4.39 Å². The fourth-order valence-electron chi connectivity index (χ4n) is 1.89. The Hall–Kier alpha value is -2.50. The summed E-state index contributed by atoms with van der Waals surface area (Å²) in [6.45, 7) is 1.65. The maximum Gasteiger partial charge on any atom is 0.310 e. The molecule has 0 aliphatic carbocycles. The number of carbonyl (C=O) groups excluding carboxylic acids is 2. The number of aldehydes is 1.